The molecule has 26 heavy (non-hydrogen) atoms. The van der Waals surface area contributed by atoms with Crippen molar-refractivity contribution in [2.75, 3.05) is 6.61 Å². The third-order valence-electron chi connectivity index (χ3n) is 5.18. The maximum absolute atomic E-state index is 12.7. The maximum atomic E-state index is 12.7. The van der Waals surface area contributed by atoms with Gasteiger partial charge in [0.1, 0.15) is 17.0 Å². The van der Waals surface area contributed by atoms with E-state index in [4.69, 9.17) is 9.47 Å². The highest BCUT2D eigenvalue weighted by Crippen LogP contribution is 2.55. The lowest BCUT2D eigenvalue weighted by atomic mass is 9.65. The number of hydrogen-bond acceptors (Lipinski definition) is 4. The fourth-order valence-electron chi connectivity index (χ4n) is 4.34. The van der Waals surface area contributed by atoms with Crippen LogP contribution in [-0.2, 0) is 9.47 Å². The summed E-state index contributed by atoms with van der Waals surface area (Å²) in [6.45, 7) is 7.70. The van der Waals surface area contributed by atoms with E-state index in [-0.39, 0.29) is 23.8 Å². The molecule has 5 rings (SSSR count). The van der Waals surface area contributed by atoms with Crippen LogP contribution in [0.5, 0.6) is 0 Å². The minimum atomic E-state index is -0.557. The molecule has 138 valence electrons. The highest BCUT2D eigenvalue weighted by molar-refractivity contribution is 5.93. The first-order valence-corrected chi connectivity index (χ1v) is 9.14. The standard InChI is InChI=1S/C20H24N2O4/c1-5-25-18(23)16-14-11-7-6-10(12(14)8-21-16)13-9-22-17(15(11)13)19(24)26-20(2,3)4/h8-11,21-22H,5-7H2,1-4H3/t10-,11+/m1/s1. The van der Waals surface area contributed by atoms with Gasteiger partial charge in [-0.3, -0.25) is 0 Å². The molecule has 2 heterocycles. The third-order valence-corrected chi connectivity index (χ3v) is 5.18. The fourth-order valence-corrected chi connectivity index (χ4v) is 4.34. The predicted octanol–water partition coefficient (Wildman–Crippen LogP) is 3.85. The van der Waals surface area contributed by atoms with Crippen molar-refractivity contribution in [1.82, 2.24) is 9.97 Å². The number of carbonyl (C=O) groups excluding carboxylic acids is 2. The Hall–Kier alpha value is -2.50. The van der Waals surface area contributed by atoms with E-state index >= 15 is 0 Å². The number of carbonyl (C=O) groups is 2. The zero-order valence-electron chi connectivity index (χ0n) is 15.6. The number of H-pyrrole nitrogens is 2. The summed E-state index contributed by atoms with van der Waals surface area (Å²) in [6, 6.07) is 0. The number of hydrogen-bond donors (Lipinski definition) is 2. The Bertz CT molecular complexity index is 884. The van der Waals surface area contributed by atoms with Crippen LogP contribution < -0.4 is 0 Å². The van der Waals surface area contributed by atoms with Crippen molar-refractivity contribution < 1.29 is 19.1 Å². The topological polar surface area (TPSA) is 84.2 Å². The second-order valence-corrected chi connectivity index (χ2v) is 7.97. The van der Waals surface area contributed by atoms with Crippen molar-refractivity contribution in [2.45, 2.75) is 58.0 Å². The summed E-state index contributed by atoms with van der Waals surface area (Å²) in [5.74, 6) is -0.487. The quantitative estimate of drug-likeness (QED) is 0.818. The molecule has 2 bridgehead atoms. The molecule has 0 unspecified atom stereocenters. The van der Waals surface area contributed by atoms with Crippen LogP contribution in [0.4, 0.5) is 0 Å². The molecule has 2 N–H and O–H groups in total. The van der Waals surface area contributed by atoms with Crippen LogP contribution in [0.3, 0.4) is 0 Å². The number of esters is 2. The lowest BCUT2D eigenvalue weighted by molar-refractivity contribution is 0.00616. The van der Waals surface area contributed by atoms with Crippen LogP contribution in [0.2, 0.25) is 0 Å². The third kappa shape index (κ3) is 2.47. The van der Waals surface area contributed by atoms with Crippen molar-refractivity contribution in [3.05, 3.63) is 46.0 Å². The maximum Gasteiger partial charge on any atom is 0.355 e. The van der Waals surface area contributed by atoms with Gasteiger partial charge in [-0.15, -0.1) is 0 Å². The molecular formula is C20H24N2O4. The summed E-state index contributed by atoms with van der Waals surface area (Å²) in [4.78, 5) is 31.3. The van der Waals surface area contributed by atoms with Gasteiger partial charge in [0.05, 0.1) is 6.61 Å². The molecule has 2 aromatic rings. The van der Waals surface area contributed by atoms with Gasteiger partial charge >= 0.3 is 11.9 Å². The Labute approximate surface area is 152 Å². The second-order valence-electron chi connectivity index (χ2n) is 7.97. The SMILES string of the molecule is CCOC(=O)c1[nH]cc2c1[C@@H]1CC[C@H]2c2c[nH]c(C(=O)OC(C)(C)C)c21. The van der Waals surface area contributed by atoms with Crippen LogP contribution in [-0.4, -0.2) is 34.1 Å². The molecule has 0 aliphatic heterocycles. The molecular weight excluding hydrogens is 332 g/mol. The van der Waals surface area contributed by atoms with Gasteiger partial charge in [0.2, 0.25) is 0 Å². The smallest absolute Gasteiger partial charge is 0.355 e. The molecule has 0 aromatic carbocycles. The Morgan fingerprint density at radius 1 is 1.00 bits per heavy atom. The molecule has 0 saturated carbocycles. The number of aromatic amines is 2. The molecule has 2 aromatic heterocycles. The van der Waals surface area contributed by atoms with Crippen molar-refractivity contribution >= 4 is 11.9 Å². The second kappa shape index (κ2) is 5.76. The zero-order chi connectivity index (χ0) is 18.6. The van der Waals surface area contributed by atoms with Gasteiger partial charge in [-0.2, -0.15) is 0 Å². The minimum absolute atomic E-state index is 0.00410. The fraction of sp³-hybridized carbons (Fsp3) is 0.500. The van der Waals surface area contributed by atoms with Gasteiger partial charge < -0.3 is 19.4 Å². The van der Waals surface area contributed by atoms with Gasteiger partial charge in [-0.25, -0.2) is 9.59 Å². The molecule has 0 fully saturated rings. The Balaban J connectivity index is 1.77. The number of ether oxygens (including phenoxy) is 2. The van der Waals surface area contributed by atoms with E-state index in [2.05, 4.69) is 9.97 Å². The highest BCUT2D eigenvalue weighted by atomic mass is 16.6. The molecule has 0 spiro atoms. The number of aromatic nitrogens is 2. The first-order chi connectivity index (χ1) is 12.3. The largest absolute Gasteiger partial charge is 0.461 e. The number of nitrogens with one attached hydrogen (secondary N) is 2. The van der Waals surface area contributed by atoms with Crippen LogP contribution in [0, 0.1) is 0 Å². The van der Waals surface area contributed by atoms with Gasteiger partial charge in [0, 0.05) is 24.2 Å². The summed E-state index contributed by atoms with van der Waals surface area (Å²) in [6.07, 6.45) is 5.76. The molecule has 0 amide bonds. The average molecular weight is 356 g/mol. The van der Waals surface area contributed by atoms with Crippen molar-refractivity contribution in [3.63, 3.8) is 0 Å². The summed E-state index contributed by atoms with van der Waals surface area (Å²) in [5, 5.41) is 0. The first-order valence-electron chi connectivity index (χ1n) is 9.14. The summed E-state index contributed by atoms with van der Waals surface area (Å²) in [7, 11) is 0. The summed E-state index contributed by atoms with van der Waals surface area (Å²) < 4.78 is 10.8. The van der Waals surface area contributed by atoms with Gasteiger partial charge in [0.25, 0.3) is 0 Å². The summed E-state index contributed by atoms with van der Waals surface area (Å²) >= 11 is 0. The van der Waals surface area contributed by atoms with Gasteiger partial charge in [0.15, 0.2) is 0 Å². The van der Waals surface area contributed by atoms with Crippen molar-refractivity contribution in [1.29, 1.82) is 0 Å². The van der Waals surface area contributed by atoms with E-state index in [9.17, 15) is 9.59 Å². The number of fused-ring (bicyclic) bond motifs is 1. The van der Waals surface area contributed by atoms with E-state index in [0.717, 1.165) is 35.1 Å². The van der Waals surface area contributed by atoms with Gasteiger partial charge in [-0.05, 0) is 62.8 Å². The van der Waals surface area contributed by atoms with Crippen LogP contribution in [0.15, 0.2) is 12.4 Å². The Morgan fingerprint density at radius 2 is 1.54 bits per heavy atom. The molecule has 6 nitrogen and oxygen atoms in total. The zero-order valence-corrected chi connectivity index (χ0v) is 15.6. The van der Waals surface area contributed by atoms with Crippen LogP contribution >= 0.6 is 0 Å². The lowest BCUT2D eigenvalue weighted by Gasteiger charge is -2.37. The van der Waals surface area contributed by atoms with E-state index < -0.39 is 5.60 Å². The predicted molar refractivity (Wildman–Crippen MR) is 95.6 cm³/mol. The average Bonchev–Trinajstić information content (AvgIpc) is 3.20. The monoisotopic (exact) mass is 356 g/mol. The van der Waals surface area contributed by atoms with E-state index in [1.807, 2.05) is 33.2 Å². The van der Waals surface area contributed by atoms with E-state index in [1.54, 1.807) is 6.92 Å². The molecule has 6 heteroatoms. The summed E-state index contributed by atoms with van der Waals surface area (Å²) in [5.41, 5.74) is 4.71. The normalized spacial score (nSPS) is 20.5. The minimum Gasteiger partial charge on any atom is -0.461 e. The van der Waals surface area contributed by atoms with Crippen LogP contribution in [0.25, 0.3) is 0 Å². The van der Waals surface area contributed by atoms with Gasteiger partial charge in [-0.1, -0.05) is 0 Å². The van der Waals surface area contributed by atoms with Crippen molar-refractivity contribution in [2.24, 2.45) is 0 Å². The Morgan fingerprint density at radius 3 is 2.08 bits per heavy atom. The molecule has 0 saturated heterocycles. The van der Waals surface area contributed by atoms with Crippen LogP contribution in [0.1, 0.15) is 95.6 Å². The molecule has 2 atom stereocenters. The first kappa shape index (κ1) is 16.9. The Kier molecular flexibility index (Phi) is 3.75. The van der Waals surface area contributed by atoms with Crippen molar-refractivity contribution in [3.8, 4) is 0 Å². The van der Waals surface area contributed by atoms with E-state index in [1.165, 1.54) is 0 Å². The van der Waals surface area contributed by atoms with E-state index in [0.29, 0.717) is 18.0 Å². The molecule has 3 aliphatic carbocycles. The lowest BCUT2D eigenvalue weighted by Crippen LogP contribution is -2.28. The molecule has 3 aliphatic rings. The highest BCUT2D eigenvalue weighted by Gasteiger charge is 2.44. The number of rotatable bonds is 3. The molecule has 0 radical (unpaired) electrons.